The molecule has 0 aromatic heterocycles. The first-order valence-corrected chi connectivity index (χ1v) is 19.7. The van der Waals surface area contributed by atoms with Gasteiger partial charge in [0.25, 0.3) is 0 Å². The molecule has 0 aliphatic heterocycles. The Hall–Kier alpha value is -1.15. The number of aryl methyl sites for hydroxylation is 2. The SMILES string of the molecule is FC(F)(F)OCCCCCCCCCCCCc1ccccc1.O=S(=O)([O-])c1ccc(CCCCCCCCCCCCOC(F)(F)F)cc1.[Na+]. The number of hydrogen-bond donors (Lipinski definition) is 0. The minimum absolute atomic E-state index is 0. The van der Waals surface area contributed by atoms with Gasteiger partial charge in [-0.05, 0) is 61.8 Å². The minimum atomic E-state index is -4.51. The summed E-state index contributed by atoms with van der Waals surface area (Å²) in [5.74, 6) is 0. The van der Waals surface area contributed by atoms with Crippen molar-refractivity contribution in [1.29, 1.82) is 0 Å². The summed E-state index contributed by atoms with van der Waals surface area (Å²) >= 11 is 0. The molecule has 0 saturated carbocycles. The normalized spacial score (nSPS) is 11.9. The van der Waals surface area contributed by atoms with Crippen molar-refractivity contribution >= 4 is 10.1 Å². The van der Waals surface area contributed by atoms with E-state index < -0.39 is 22.8 Å². The van der Waals surface area contributed by atoms with Gasteiger partial charge in [-0.1, -0.05) is 145 Å². The van der Waals surface area contributed by atoms with Crippen LogP contribution >= 0.6 is 0 Å². The molecule has 51 heavy (non-hydrogen) atoms. The van der Waals surface area contributed by atoms with Crippen molar-refractivity contribution in [1.82, 2.24) is 0 Å². The van der Waals surface area contributed by atoms with Gasteiger partial charge in [0.05, 0.1) is 18.1 Å². The predicted molar refractivity (Wildman–Crippen MR) is 185 cm³/mol. The topological polar surface area (TPSA) is 75.7 Å². The number of ether oxygens (including phenoxy) is 2. The molecular weight excluding hydrogens is 705 g/mol. The fourth-order valence-corrected chi connectivity index (χ4v) is 6.00. The standard InChI is InChI=1S/C19H29F3O4S.C19H29F3O.Na/c20-19(21,22)26-16-10-8-6-4-2-1-3-5-7-9-11-17-12-14-18(15-13-17)27(23,24)25;20-19(21,22)23-17-13-8-6-4-2-1-3-5-7-10-14-18-15-11-9-12-16-18;/h12-15H,1-11,16H2,(H,23,24,25);9,11-12,15-16H,1-8,10,13-14,17H2;/q;;+1/p-1. The van der Waals surface area contributed by atoms with Crippen LogP contribution in [0.4, 0.5) is 26.3 Å². The van der Waals surface area contributed by atoms with Crippen LogP contribution in [0.25, 0.3) is 0 Å². The zero-order valence-corrected chi connectivity index (χ0v) is 33.2. The van der Waals surface area contributed by atoms with E-state index in [9.17, 15) is 39.3 Å². The summed E-state index contributed by atoms with van der Waals surface area (Å²) in [5.41, 5.74) is 2.44. The van der Waals surface area contributed by atoms with E-state index in [0.717, 1.165) is 89.0 Å². The average molecular weight is 763 g/mol. The van der Waals surface area contributed by atoms with Gasteiger partial charge in [0.2, 0.25) is 0 Å². The van der Waals surface area contributed by atoms with Crippen molar-refractivity contribution in [3.05, 3.63) is 65.7 Å². The maximum Gasteiger partial charge on any atom is 1.00 e. The van der Waals surface area contributed by atoms with E-state index in [0.29, 0.717) is 12.8 Å². The van der Waals surface area contributed by atoms with Gasteiger partial charge in [0.15, 0.2) is 0 Å². The molecule has 2 rings (SSSR count). The molecule has 0 aliphatic carbocycles. The van der Waals surface area contributed by atoms with E-state index in [1.165, 1.54) is 62.6 Å². The van der Waals surface area contributed by atoms with E-state index in [-0.39, 0.29) is 47.7 Å². The molecule has 5 nitrogen and oxygen atoms in total. The first-order chi connectivity index (χ1) is 23.8. The van der Waals surface area contributed by atoms with Gasteiger partial charge in [0.1, 0.15) is 10.1 Å². The van der Waals surface area contributed by atoms with Crippen LogP contribution < -0.4 is 29.6 Å². The smallest absolute Gasteiger partial charge is 0.744 e. The molecule has 0 fully saturated rings. The molecule has 0 aliphatic rings. The Morgan fingerprint density at radius 3 is 1.06 bits per heavy atom. The van der Waals surface area contributed by atoms with Crippen LogP contribution in [0.15, 0.2) is 59.5 Å². The summed E-state index contributed by atoms with van der Waals surface area (Å²) in [6, 6.07) is 16.7. The Morgan fingerprint density at radius 1 is 0.451 bits per heavy atom. The van der Waals surface area contributed by atoms with Crippen LogP contribution in [0, 0.1) is 0 Å². The maximum atomic E-state index is 11.8. The van der Waals surface area contributed by atoms with Gasteiger partial charge in [-0.3, -0.25) is 9.47 Å². The molecule has 0 unspecified atom stereocenters. The van der Waals surface area contributed by atoms with Crippen molar-refractivity contribution in [2.75, 3.05) is 13.2 Å². The zero-order chi connectivity index (χ0) is 37.0. The van der Waals surface area contributed by atoms with Crippen molar-refractivity contribution in [3.63, 3.8) is 0 Å². The van der Waals surface area contributed by atoms with Crippen LogP contribution in [-0.4, -0.2) is 38.9 Å². The average Bonchev–Trinajstić information content (AvgIpc) is 3.05. The first-order valence-electron chi connectivity index (χ1n) is 18.3. The summed E-state index contributed by atoms with van der Waals surface area (Å²) in [6.45, 7) is -0.455. The molecule has 0 amide bonds. The molecule has 288 valence electrons. The third kappa shape index (κ3) is 33.2. The summed E-state index contributed by atoms with van der Waals surface area (Å²) in [4.78, 5) is -0.195. The van der Waals surface area contributed by atoms with Crippen molar-refractivity contribution < 1.29 is 78.3 Å². The molecule has 0 bridgehead atoms. The largest absolute Gasteiger partial charge is 1.00 e. The molecule has 0 heterocycles. The van der Waals surface area contributed by atoms with Crippen molar-refractivity contribution in [2.45, 2.75) is 159 Å². The Bertz CT molecular complexity index is 1180. The second kappa shape index (κ2) is 30.2. The van der Waals surface area contributed by atoms with Gasteiger partial charge in [-0.25, -0.2) is 8.42 Å². The molecular formula is C38H57F6NaO5S. The number of benzene rings is 2. The van der Waals surface area contributed by atoms with E-state index in [1.807, 2.05) is 6.07 Å². The zero-order valence-electron chi connectivity index (χ0n) is 30.4. The Balaban J connectivity index is 0.000000973. The predicted octanol–water partition coefficient (Wildman–Crippen LogP) is 9.24. The fourth-order valence-electron chi connectivity index (χ4n) is 5.53. The summed E-state index contributed by atoms with van der Waals surface area (Å²) in [6.07, 6.45) is 13.8. The van der Waals surface area contributed by atoms with Crippen LogP contribution in [-0.2, 0) is 32.4 Å². The maximum absolute atomic E-state index is 11.8. The number of alkyl halides is 6. The molecule has 2 aromatic carbocycles. The van der Waals surface area contributed by atoms with E-state index in [4.69, 9.17) is 0 Å². The van der Waals surface area contributed by atoms with Gasteiger partial charge < -0.3 is 4.55 Å². The number of unbranched alkanes of at least 4 members (excludes halogenated alkanes) is 18. The minimum Gasteiger partial charge on any atom is -0.744 e. The third-order valence-corrected chi connectivity index (χ3v) is 9.16. The molecule has 0 saturated heterocycles. The third-order valence-electron chi connectivity index (χ3n) is 8.31. The summed E-state index contributed by atoms with van der Waals surface area (Å²) in [7, 11) is -4.37. The van der Waals surface area contributed by atoms with Gasteiger partial charge in [0, 0.05) is 0 Å². The van der Waals surface area contributed by atoms with Crippen LogP contribution in [0.3, 0.4) is 0 Å². The van der Waals surface area contributed by atoms with E-state index >= 15 is 0 Å². The Kier molecular flexibility index (Phi) is 29.5. The number of halogens is 6. The summed E-state index contributed by atoms with van der Waals surface area (Å²) < 4.78 is 110. The first kappa shape index (κ1) is 49.9. The molecule has 0 spiro atoms. The molecule has 0 radical (unpaired) electrons. The second-order valence-electron chi connectivity index (χ2n) is 12.7. The molecule has 0 atom stereocenters. The van der Waals surface area contributed by atoms with Crippen LogP contribution in [0.5, 0.6) is 0 Å². The monoisotopic (exact) mass is 762 g/mol. The van der Waals surface area contributed by atoms with Gasteiger partial charge in [-0.15, -0.1) is 26.3 Å². The summed E-state index contributed by atoms with van der Waals surface area (Å²) in [5, 5.41) is 0. The Morgan fingerprint density at radius 2 is 0.745 bits per heavy atom. The molecule has 0 N–H and O–H groups in total. The quantitative estimate of drug-likeness (QED) is 0.0393. The van der Waals surface area contributed by atoms with Crippen LogP contribution in [0.2, 0.25) is 0 Å². The van der Waals surface area contributed by atoms with E-state index in [2.05, 4.69) is 33.7 Å². The molecule has 2 aromatic rings. The molecule has 13 heteroatoms. The van der Waals surface area contributed by atoms with Crippen molar-refractivity contribution in [3.8, 4) is 0 Å². The second-order valence-corrected chi connectivity index (χ2v) is 14.1. The van der Waals surface area contributed by atoms with Gasteiger partial charge >= 0.3 is 42.3 Å². The van der Waals surface area contributed by atoms with Gasteiger partial charge in [-0.2, -0.15) is 0 Å². The van der Waals surface area contributed by atoms with Crippen molar-refractivity contribution in [2.24, 2.45) is 0 Å². The van der Waals surface area contributed by atoms with Crippen LogP contribution in [0.1, 0.15) is 140 Å². The van der Waals surface area contributed by atoms with E-state index in [1.54, 1.807) is 12.1 Å². The fraction of sp³-hybridized carbons (Fsp3) is 0.684. The number of hydrogen-bond acceptors (Lipinski definition) is 5. The number of rotatable bonds is 27. The Labute approximate surface area is 324 Å².